The molecule has 1 heterocycles. The number of hydrogen-bond acceptors (Lipinski definition) is 5. The Bertz CT molecular complexity index is 1080. The molecule has 3 N–H and O–H groups in total. The molecule has 0 fully saturated rings. The number of aliphatic hydroxyl groups is 2. The summed E-state index contributed by atoms with van der Waals surface area (Å²) < 4.78 is 5.33. The Morgan fingerprint density at radius 2 is 1.70 bits per heavy atom. The van der Waals surface area contributed by atoms with Gasteiger partial charge >= 0.3 is 5.97 Å². The van der Waals surface area contributed by atoms with Crippen molar-refractivity contribution >= 4 is 23.4 Å². The van der Waals surface area contributed by atoms with Crippen LogP contribution in [0, 0.1) is 0 Å². The summed E-state index contributed by atoms with van der Waals surface area (Å²) in [6.07, 6.45) is 1.05. The third kappa shape index (κ3) is 6.32. The first-order valence-electron chi connectivity index (χ1n) is 10.9. The topological polar surface area (TPSA) is 87.0 Å². The van der Waals surface area contributed by atoms with Crippen LogP contribution in [0.4, 0.5) is 0 Å². The average Bonchev–Trinajstić information content (AvgIpc) is 3.17. The molecule has 3 rings (SSSR count). The van der Waals surface area contributed by atoms with Crippen LogP contribution in [-0.4, -0.2) is 40.6 Å². The predicted octanol–water partition coefficient (Wildman–Crippen LogP) is 5.81. The maximum Gasteiger partial charge on any atom is 0.305 e. The minimum absolute atomic E-state index is 0.0344. The number of carbonyl (C=O) groups is 1. The van der Waals surface area contributed by atoms with Gasteiger partial charge in [0, 0.05) is 21.7 Å². The van der Waals surface area contributed by atoms with Gasteiger partial charge in [-0.3, -0.25) is 4.79 Å². The summed E-state index contributed by atoms with van der Waals surface area (Å²) in [6.45, 7) is 4.28. The number of carboxylic acid groups (broad SMARTS) is 1. The second kappa shape index (κ2) is 11.3. The molecule has 0 bridgehead atoms. The zero-order valence-corrected chi connectivity index (χ0v) is 19.9. The van der Waals surface area contributed by atoms with Crippen LogP contribution in [0.1, 0.15) is 43.0 Å². The Balaban J connectivity index is 2.08. The molecular weight excluding hydrogens is 436 g/mol. The molecule has 1 aromatic heterocycles. The molecule has 33 heavy (non-hydrogen) atoms. The smallest absolute Gasteiger partial charge is 0.305 e. The highest BCUT2D eigenvalue weighted by Gasteiger charge is 2.21. The first kappa shape index (κ1) is 24.7. The fourth-order valence-corrected chi connectivity index (χ4v) is 5.06. The summed E-state index contributed by atoms with van der Waals surface area (Å²) in [7, 11) is 1.64. The number of ether oxygens (including phenoxy) is 1. The van der Waals surface area contributed by atoms with Gasteiger partial charge in [-0.15, -0.1) is 11.3 Å². The van der Waals surface area contributed by atoms with E-state index < -0.39 is 24.6 Å². The van der Waals surface area contributed by atoms with Gasteiger partial charge in [0.15, 0.2) is 0 Å². The van der Waals surface area contributed by atoms with E-state index in [4.69, 9.17) is 9.84 Å². The van der Waals surface area contributed by atoms with Crippen LogP contribution in [0.3, 0.4) is 0 Å². The van der Waals surface area contributed by atoms with Gasteiger partial charge in [-0.2, -0.15) is 0 Å². The Kier molecular flexibility index (Phi) is 8.44. The molecule has 174 valence electrons. The summed E-state index contributed by atoms with van der Waals surface area (Å²) in [4.78, 5) is 13.1. The second-order valence-electron chi connectivity index (χ2n) is 8.25. The van der Waals surface area contributed by atoms with Crippen LogP contribution >= 0.6 is 11.3 Å². The number of rotatable bonds is 10. The zero-order valence-electron chi connectivity index (χ0n) is 19.1. The fraction of sp³-hybridized carbons (Fsp3) is 0.296. The van der Waals surface area contributed by atoms with Gasteiger partial charge in [0.2, 0.25) is 0 Å². The zero-order chi connectivity index (χ0) is 24.0. The van der Waals surface area contributed by atoms with E-state index in [2.05, 4.69) is 26.0 Å². The number of aliphatic carboxylic acids is 1. The minimum atomic E-state index is -1.10. The lowest BCUT2D eigenvalue weighted by atomic mass is 9.94. The lowest BCUT2D eigenvalue weighted by Crippen LogP contribution is -2.19. The maximum absolute atomic E-state index is 10.8. The third-order valence-electron chi connectivity index (χ3n) is 5.32. The van der Waals surface area contributed by atoms with Crippen molar-refractivity contribution in [3.8, 4) is 27.3 Å². The van der Waals surface area contributed by atoms with E-state index in [1.165, 1.54) is 4.88 Å². The summed E-state index contributed by atoms with van der Waals surface area (Å²) in [5.74, 6) is -0.0500. The van der Waals surface area contributed by atoms with Crippen LogP contribution in [0.15, 0.2) is 60.7 Å². The Hall–Kier alpha value is -2.93. The number of benzene rings is 2. The fourth-order valence-electron chi connectivity index (χ4n) is 3.74. The van der Waals surface area contributed by atoms with E-state index in [1.807, 2.05) is 48.5 Å². The Labute approximate surface area is 198 Å². The highest BCUT2D eigenvalue weighted by atomic mass is 32.1. The first-order chi connectivity index (χ1) is 15.8. The molecule has 0 unspecified atom stereocenters. The van der Waals surface area contributed by atoms with Gasteiger partial charge in [-0.05, 0) is 34.7 Å². The summed E-state index contributed by atoms with van der Waals surface area (Å²) in [6, 6.07) is 18.1. The van der Waals surface area contributed by atoms with Gasteiger partial charge < -0.3 is 20.1 Å². The molecule has 0 amide bonds. The molecule has 2 atom stereocenters. The summed E-state index contributed by atoms with van der Waals surface area (Å²) in [5, 5.41) is 29.2. The van der Waals surface area contributed by atoms with Crippen molar-refractivity contribution in [2.75, 3.05) is 7.11 Å². The van der Waals surface area contributed by atoms with E-state index >= 15 is 0 Å². The molecule has 6 heteroatoms. The van der Waals surface area contributed by atoms with Crippen molar-refractivity contribution < 1.29 is 24.9 Å². The average molecular weight is 467 g/mol. The maximum atomic E-state index is 10.8. The van der Waals surface area contributed by atoms with Gasteiger partial charge in [0.05, 0.1) is 25.7 Å². The largest absolute Gasteiger partial charge is 0.497 e. The molecule has 3 aromatic rings. The SMILES string of the molecule is COc1ccc(-c2c(-c3ccccc3)sc(C(C)C)c2/C=C/[C@@H](O)C[C@@H](O)CC(=O)O)cc1. The molecule has 0 saturated carbocycles. The molecule has 0 aliphatic heterocycles. The van der Waals surface area contributed by atoms with E-state index in [9.17, 15) is 15.0 Å². The van der Waals surface area contributed by atoms with Crippen LogP contribution in [0.5, 0.6) is 5.75 Å². The standard InChI is InChI=1S/C27H30O5S/c1-17(2)26-23(14-11-20(28)15-21(29)16-24(30)31)25(18-9-12-22(32-3)13-10-18)27(33-26)19-7-5-4-6-8-19/h4-14,17,20-21,28-29H,15-16H2,1-3H3,(H,30,31)/b14-11+/t20-,21-/m1/s1. The molecular formula is C27H30O5S. The normalized spacial score (nSPS) is 13.4. The number of aliphatic hydroxyl groups excluding tert-OH is 2. The Morgan fingerprint density at radius 3 is 2.27 bits per heavy atom. The van der Waals surface area contributed by atoms with Crippen molar-refractivity contribution in [2.24, 2.45) is 0 Å². The Morgan fingerprint density at radius 1 is 1.03 bits per heavy atom. The van der Waals surface area contributed by atoms with Gasteiger partial charge in [-0.1, -0.05) is 68.5 Å². The van der Waals surface area contributed by atoms with Crippen molar-refractivity contribution in [2.45, 2.75) is 44.8 Å². The molecule has 0 aliphatic rings. The van der Waals surface area contributed by atoms with Gasteiger partial charge in [-0.25, -0.2) is 0 Å². The first-order valence-corrected chi connectivity index (χ1v) is 11.7. The van der Waals surface area contributed by atoms with Crippen LogP contribution < -0.4 is 4.74 Å². The lowest BCUT2D eigenvalue weighted by molar-refractivity contribution is -0.139. The highest BCUT2D eigenvalue weighted by Crippen LogP contribution is 2.46. The molecule has 0 aliphatic carbocycles. The lowest BCUT2D eigenvalue weighted by Gasteiger charge is -2.12. The predicted molar refractivity (Wildman–Crippen MR) is 134 cm³/mol. The van der Waals surface area contributed by atoms with E-state index in [0.717, 1.165) is 32.9 Å². The second-order valence-corrected chi connectivity index (χ2v) is 9.30. The molecule has 0 spiro atoms. The highest BCUT2D eigenvalue weighted by molar-refractivity contribution is 7.16. The third-order valence-corrected chi connectivity index (χ3v) is 6.88. The van der Waals surface area contributed by atoms with Gasteiger partial charge in [0.25, 0.3) is 0 Å². The van der Waals surface area contributed by atoms with Crippen LogP contribution in [-0.2, 0) is 4.79 Å². The van der Waals surface area contributed by atoms with Gasteiger partial charge in [0.1, 0.15) is 5.75 Å². The summed E-state index contributed by atoms with van der Waals surface area (Å²) >= 11 is 1.73. The number of methoxy groups -OCH3 is 1. The monoisotopic (exact) mass is 466 g/mol. The molecule has 0 saturated heterocycles. The van der Waals surface area contributed by atoms with Crippen LogP contribution in [0.25, 0.3) is 27.6 Å². The minimum Gasteiger partial charge on any atom is -0.497 e. The van der Waals surface area contributed by atoms with Crippen molar-refractivity contribution in [1.82, 2.24) is 0 Å². The van der Waals surface area contributed by atoms with E-state index in [0.29, 0.717) is 0 Å². The van der Waals surface area contributed by atoms with Crippen molar-refractivity contribution in [3.05, 3.63) is 71.1 Å². The number of thiophene rings is 1. The van der Waals surface area contributed by atoms with Crippen molar-refractivity contribution in [1.29, 1.82) is 0 Å². The number of carboxylic acids is 1. The summed E-state index contributed by atoms with van der Waals surface area (Å²) in [5.41, 5.74) is 4.25. The quantitative estimate of drug-likeness (QED) is 0.351. The number of hydrogen-bond donors (Lipinski definition) is 3. The molecule has 5 nitrogen and oxygen atoms in total. The van der Waals surface area contributed by atoms with E-state index in [-0.39, 0.29) is 12.3 Å². The van der Waals surface area contributed by atoms with E-state index in [1.54, 1.807) is 24.5 Å². The van der Waals surface area contributed by atoms with Crippen LogP contribution in [0.2, 0.25) is 0 Å². The van der Waals surface area contributed by atoms with Crippen molar-refractivity contribution in [3.63, 3.8) is 0 Å². The molecule has 2 aromatic carbocycles. The molecule has 0 radical (unpaired) electrons.